The van der Waals surface area contributed by atoms with Crippen LogP contribution in [0.3, 0.4) is 0 Å². The SMILES string of the molecule is O=c1c2ccccc2oc2sc3ccccc3c12. The van der Waals surface area contributed by atoms with Crippen molar-refractivity contribution in [1.82, 2.24) is 0 Å². The summed E-state index contributed by atoms with van der Waals surface area (Å²) < 4.78 is 6.92. The first-order valence-electron chi connectivity index (χ1n) is 5.68. The zero-order valence-electron chi connectivity index (χ0n) is 9.34. The molecule has 0 N–H and O–H groups in total. The maximum Gasteiger partial charge on any atom is 0.202 e. The number of rotatable bonds is 0. The minimum absolute atomic E-state index is 0.0595. The molecule has 3 heteroatoms. The van der Waals surface area contributed by atoms with Crippen LogP contribution < -0.4 is 5.43 Å². The summed E-state index contributed by atoms with van der Waals surface area (Å²) in [6, 6.07) is 15.3. The Morgan fingerprint density at radius 2 is 1.61 bits per heavy atom. The molecule has 0 saturated carbocycles. The van der Waals surface area contributed by atoms with Crippen molar-refractivity contribution in [3.05, 3.63) is 58.8 Å². The van der Waals surface area contributed by atoms with Crippen LogP contribution in [0.2, 0.25) is 0 Å². The second-order valence-electron chi connectivity index (χ2n) is 4.19. The standard InChI is InChI=1S/C15H8O2S/c16-14-9-5-1-3-7-11(9)17-15-13(14)10-6-2-4-8-12(10)18-15/h1-8H. The zero-order chi connectivity index (χ0) is 12.1. The van der Waals surface area contributed by atoms with Crippen LogP contribution in [-0.2, 0) is 0 Å². The number of para-hydroxylation sites is 1. The minimum atomic E-state index is 0.0595. The Morgan fingerprint density at radius 1 is 0.889 bits per heavy atom. The normalized spacial score (nSPS) is 11.6. The molecule has 86 valence electrons. The highest BCUT2D eigenvalue weighted by molar-refractivity contribution is 7.25. The first kappa shape index (κ1) is 9.85. The van der Waals surface area contributed by atoms with Crippen LogP contribution in [0.4, 0.5) is 0 Å². The van der Waals surface area contributed by atoms with Gasteiger partial charge in [-0.1, -0.05) is 41.7 Å². The van der Waals surface area contributed by atoms with Gasteiger partial charge in [-0.15, -0.1) is 0 Å². The minimum Gasteiger partial charge on any atom is -0.445 e. The third kappa shape index (κ3) is 1.19. The van der Waals surface area contributed by atoms with Gasteiger partial charge >= 0.3 is 0 Å². The van der Waals surface area contributed by atoms with Gasteiger partial charge in [0, 0.05) is 10.1 Å². The summed E-state index contributed by atoms with van der Waals surface area (Å²) in [5.74, 6) is 0. The van der Waals surface area contributed by atoms with Crippen molar-refractivity contribution in [3.8, 4) is 0 Å². The molecule has 2 aromatic heterocycles. The molecule has 0 spiro atoms. The van der Waals surface area contributed by atoms with Crippen molar-refractivity contribution in [2.75, 3.05) is 0 Å². The fourth-order valence-corrected chi connectivity index (χ4v) is 3.35. The van der Waals surface area contributed by atoms with E-state index in [2.05, 4.69) is 0 Å². The lowest BCUT2D eigenvalue weighted by molar-refractivity contribution is 0.669. The lowest BCUT2D eigenvalue weighted by Crippen LogP contribution is -2.00. The van der Waals surface area contributed by atoms with E-state index in [-0.39, 0.29) is 5.43 Å². The first-order chi connectivity index (χ1) is 8.84. The Labute approximate surface area is 106 Å². The second-order valence-corrected chi connectivity index (χ2v) is 5.20. The molecule has 2 heterocycles. The van der Waals surface area contributed by atoms with E-state index in [1.54, 1.807) is 0 Å². The molecule has 2 aromatic carbocycles. The van der Waals surface area contributed by atoms with Crippen molar-refractivity contribution in [1.29, 1.82) is 0 Å². The van der Waals surface area contributed by atoms with Crippen LogP contribution in [0.15, 0.2) is 57.7 Å². The first-order valence-corrected chi connectivity index (χ1v) is 6.49. The van der Waals surface area contributed by atoms with Gasteiger partial charge in [-0.3, -0.25) is 4.79 Å². The second kappa shape index (κ2) is 3.43. The molecule has 0 bridgehead atoms. The smallest absolute Gasteiger partial charge is 0.202 e. The van der Waals surface area contributed by atoms with E-state index in [0.29, 0.717) is 21.3 Å². The number of hydrogen-bond donors (Lipinski definition) is 0. The third-order valence-corrected chi connectivity index (χ3v) is 4.17. The lowest BCUT2D eigenvalue weighted by atomic mass is 10.1. The van der Waals surface area contributed by atoms with Gasteiger partial charge in [0.15, 0.2) is 4.90 Å². The van der Waals surface area contributed by atoms with Crippen LogP contribution in [0.25, 0.3) is 31.3 Å². The highest BCUT2D eigenvalue weighted by Gasteiger charge is 2.12. The molecule has 0 amide bonds. The molecule has 18 heavy (non-hydrogen) atoms. The lowest BCUT2D eigenvalue weighted by Gasteiger charge is -1.96. The average Bonchev–Trinajstić information content (AvgIpc) is 2.77. The average molecular weight is 252 g/mol. The van der Waals surface area contributed by atoms with E-state index in [0.717, 1.165) is 10.1 Å². The van der Waals surface area contributed by atoms with E-state index < -0.39 is 0 Å². The number of benzene rings is 2. The van der Waals surface area contributed by atoms with Crippen molar-refractivity contribution >= 4 is 42.7 Å². The van der Waals surface area contributed by atoms with E-state index in [4.69, 9.17) is 4.42 Å². The largest absolute Gasteiger partial charge is 0.445 e. The maximum atomic E-state index is 12.5. The topological polar surface area (TPSA) is 30.2 Å². The molecular formula is C15H8O2S. The number of hydrogen-bond acceptors (Lipinski definition) is 3. The van der Waals surface area contributed by atoms with E-state index in [1.807, 2.05) is 48.5 Å². The summed E-state index contributed by atoms with van der Waals surface area (Å²) in [6.07, 6.45) is 0. The van der Waals surface area contributed by atoms with Gasteiger partial charge in [-0.25, -0.2) is 0 Å². The molecule has 0 fully saturated rings. The van der Waals surface area contributed by atoms with Gasteiger partial charge in [-0.05, 0) is 18.2 Å². The van der Waals surface area contributed by atoms with Crippen molar-refractivity contribution < 1.29 is 4.42 Å². The molecule has 4 rings (SSSR count). The zero-order valence-corrected chi connectivity index (χ0v) is 10.2. The Kier molecular flexibility index (Phi) is 1.88. The molecule has 0 saturated heterocycles. The Balaban J connectivity index is 2.39. The van der Waals surface area contributed by atoms with Crippen LogP contribution >= 0.6 is 11.3 Å². The Bertz CT molecular complexity index is 947. The third-order valence-electron chi connectivity index (χ3n) is 3.12. The molecule has 2 nitrogen and oxygen atoms in total. The summed E-state index contributed by atoms with van der Waals surface area (Å²) >= 11 is 1.52. The Morgan fingerprint density at radius 3 is 2.50 bits per heavy atom. The van der Waals surface area contributed by atoms with Gasteiger partial charge in [0.1, 0.15) is 5.58 Å². The van der Waals surface area contributed by atoms with Crippen LogP contribution in [0.5, 0.6) is 0 Å². The highest BCUT2D eigenvalue weighted by atomic mass is 32.1. The summed E-state index contributed by atoms with van der Waals surface area (Å²) in [6.45, 7) is 0. The van der Waals surface area contributed by atoms with Crippen molar-refractivity contribution in [3.63, 3.8) is 0 Å². The Hall–Kier alpha value is -2.13. The molecule has 0 atom stereocenters. The number of fused-ring (bicyclic) bond motifs is 4. The van der Waals surface area contributed by atoms with Crippen LogP contribution in [-0.4, -0.2) is 0 Å². The van der Waals surface area contributed by atoms with Crippen LogP contribution in [0, 0.1) is 0 Å². The summed E-state index contributed by atoms with van der Waals surface area (Å²) in [4.78, 5) is 13.2. The van der Waals surface area contributed by atoms with Gasteiger partial charge < -0.3 is 4.42 Å². The number of thiophene rings is 1. The quantitative estimate of drug-likeness (QED) is 0.470. The monoisotopic (exact) mass is 252 g/mol. The molecule has 0 unspecified atom stereocenters. The van der Waals surface area contributed by atoms with E-state index in [1.165, 1.54) is 11.3 Å². The molecule has 0 aliphatic carbocycles. The molecular weight excluding hydrogens is 244 g/mol. The van der Waals surface area contributed by atoms with E-state index in [9.17, 15) is 4.79 Å². The van der Waals surface area contributed by atoms with Gasteiger partial charge in [0.05, 0.1) is 10.8 Å². The summed E-state index contributed by atoms with van der Waals surface area (Å²) in [7, 11) is 0. The molecule has 0 aliphatic heterocycles. The van der Waals surface area contributed by atoms with Gasteiger partial charge in [0.25, 0.3) is 0 Å². The molecule has 4 aromatic rings. The fourth-order valence-electron chi connectivity index (χ4n) is 2.29. The van der Waals surface area contributed by atoms with E-state index >= 15 is 0 Å². The van der Waals surface area contributed by atoms with Crippen molar-refractivity contribution in [2.45, 2.75) is 0 Å². The van der Waals surface area contributed by atoms with Crippen molar-refractivity contribution in [2.24, 2.45) is 0 Å². The summed E-state index contributed by atoms with van der Waals surface area (Å²) in [5, 5.41) is 2.33. The predicted molar refractivity (Wildman–Crippen MR) is 75.4 cm³/mol. The van der Waals surface area contributed by atoms with Gasteiger partial charge in [0.2, 0.25) is 5.43 Å². The highest BCUT2D eigenvalue weighted by Crippen LogP contribution is 2.33. The van der Waals surface area contributed by atoms with Crippen LogP contribution in [0.1, 0.15) is 0 Å². The fraction of sp³-hybridized carbons (Fsp3) is 0. The van der Waals surface area contributed by atoms with Gasteiger partial charge in [-0.2, -0.15) is 0 Å². The molecule has 0 radical (unpaired) electrons. The summed E-state index contributed by atoms with van der Waals surface area (Å²) in [5.41, 5.74) is 0.714. The molecule has 0 aliphatic rings. The predicted octanol–water partition coefficient (Wildman–Crippen LogP) is 4.16. The maximum absolute atomic E-state index is 12.5.